The van der Waals surface area contributed by atoms with Crippen LogP contribution in [0.15, 0.2) is 25.3 Å². The number of rotatable bonds is 4. The molecule has 8 unspecified atom stereocenters. The molecule has 0 heterocycles. The SMILES string of the molecule is C=CCC1C(=O)C2C3CC4C2C(=O)C(CC=C)C4C13. The van der Waals surface area contributed by atoms with Crippen LogP contribution < -0.4 is 0 Å². The number of hydrogen-bond acceptors (Lipinski definition) is 2. The highest BCUT2D eigenvalue weighted by atomic mass is 16.1. The molecule has 4 fully saturated rings. The summed E-state index contributed by atoms with van der Waals surface area (Å²) in [5.74, 6) is 3.18. The Balaban J connectivity index is 1.78. The molecule has 2 heteroatoms. The van der Waals surface area contributed by atoms with Crippen LogP contribution in [0, 0.1) is 47.3 Å². The first-order valence-corrected chi connectivity index (χ1v) is 7.50. The van der Waals surface area contributed by atoms with Crippen LogP contribution in [0.1, 0.15) is 19.3 Å². The minimum absolute atomic E-state index is 0.0681. The molecular weight excluding hydrogens is 236 g/mol. The third kappa shape index (κ3) is 1.14. The van der Waals surface area contributed by atoms with Crippen molar-refractivity contribution in [2.75, 3.05) is 0 Å². The first-order chi connectivity index (χ1) is 9.20. The van der Waals surface area contributed by atoms with Gasteiger partial charge in [0.05, 0.1) is 0 Å². The minimum atomic E-state index is 0.0681. The lowest BCUT2D eigenvalue weighted by Crippen LogP contribution is -2.28. The molecule has 0 aliphatic heterocycles. The first kappa shape index (κ1) is 11.6. The molecule has 0 N–H and O–H groups in total. The molecule has 0 saturated heterocycles. The predicted octanol–water partition coefficient (Wildman–Crippen LogP) is 2.65. The van der Waals surface area contributed by atoms with Crippen molar-refractivity contribution in [1.82, 2.24) is 0 Å². The van der Waals surface area contributed by atoms with Gasteiger partial charge >= 0.3 is 0 Å². The molecule has 2 bridgehead atoms. The van der Waals surface area contributed by atoms with Crippen molar-refractivity contribution in [3.63, 3.8) is 0 Å². The van der Waals surface area contributed by atoms with Gasteiger partial charge in [0.1, 0.15) is 11.6 Å². The van der Waals surface area contributed by atoms with Gasteiger partial charge < -0.3 is 0 Å². The molecule has 100 valence electrons. The van der Waals surface area contributed by atoms with E-state index in [1.807, 2.05) is 12.2 Å². The van der Waals surface area contributed by atoms with Crippen molar-refractivity contribution in [2.45, 2.75) is 19.3 Å². The molecule has 4 aliphatic rings. The summed E-state index contributed by atoms with van der Waals surface area (Å²) in [4.78, 5) is 25.2. The van der Waals surface area contributed by atoms with Crippen LogP contribution in [-0.4, -0.2) is 11.6 Å². The zero-order valence-corrected chi connectivity index (χ0v) is 11.1. The molecule has 4 aliphatic carbocycles. The third-order valence-electron chi connectivity index (χ3n) is 6.45. The van der Waals surface area contributed by atoms with Gasteiger partial charge in [-0.1, -0.05) is 12.2 Å². The molecule has 2 nitrogen and oxygen atoms in total. The van der Waals surface area contributed by atoms with E-state index >= 15 is 0 Å². The van der Waals surface area contributed by atoms with E-state index in [0.29, 0.717) is 35.2 Å². The lowest BCUT2D eigenvalue weighted by atomic mass is 9.74. The van der Waals surface area contributed by atoms with E-state index in [2.05, 4.69) is 13.2 Å². The lowest BCUT2D eigenvalue weighted by Gasteiger charge is -2.28. The predicted molar refractivity (Wildman–Crippen MR) is 72.2 cm³/mol. The Labute approximate surface area is 113 Å². The number of Topliss-reactive ketones (excluding diaryl/α,β-unsaturated/α-hetero) is 2. The number of carbonyl (C=O) groups excluding carboxylic acids is 2. The maximum Gasteiger partial charge on any atom is 0.140 e. The lowest BCUT2D eigenvalue weighted by molar-refractivity contribution is -0.132. The van der Waals surface area contributed by atoms with Gasteiger partial charge in [0.25, 0.3) is 0 Å². The van der Waals surface area contributed by atoms with Gasteiger partial charge in [0, 0.05) is 23.7 Å². The highest BCUT2D eigenvalue weighted by Crippen LogP contribution is 2.72. The summed E-state index contributed by atoms with van der Waals surface area (Å²) in [5, 5.41) is 0. The van der Waals surface area contributed by atoms with E-state index in [-0.39, 0.29) is 23.7 Å². The van der Waals surface area contributed by atoms with Crippen LogP contribution in [0.2, 0.25) is 0 Å². The van der Waals surface area contributed by atoms with Gasteiger partial charge in [-0.2, -0.15) is 0 Å². The zero-order valence-electron chi connectivity index (χ0n) is 11.1. The summed E-state index contributed by atoms with van der Waals surface area (Å²) in [6.45, 7) is 7.62. The van der Waals surface area contributed by atoms with Crippen molar-refractivity contribution in [3.05, 3.63) is 25.3 Å². The van der Waals surface area contributed by atoms with Crippen LogP contribution >= 0.6 is 0 Å². The van der Waals surface area contributed by atoms with E-state index < -0.39 is 0 Å². The van der Waals surface area contributed by atoms with Crippen molar-refractivity contribution < 1.29 is 9.59 Å². The second-order valence-corrected chi connectivity index (χ2v) is 6.84. The number of hydrogen-bond donors (Lipinski definition) is 0. The largest absolute Gasteiger partial charge is 0.299 e. The van der Waals surface area contributed by atoms with Crippen molar-refractivity contribution >= 4 is 11.6 Å². The Morgan fingerprint density at radius 1 is 0.895 bits per heavy atom. The van der Waals surface area contributed by atoms with E-state index in [4.69, 9.17) is 0 Å². The van der Waals surface area contributed by atoms with Crippen LogP contribution in [0.5, 0.6) is 0 Å². The van der Waals surface area contributed by atoms with Crippen molar-refractivity contribution in [3.8, 4) is 0 Å². The Bertz CT molecular complexity index is 447. The first-order valence-electron chi connectivity index (χ1n) is 7.50. The van der Waals surface area contributed by atoms with Crippen LogP contribution in [0.3, 0.4) is 0 Å². The van der Waals surface area contributed by atoms with Crippen LogP contribution in [-0.2, 0) is 9.59 Å². The van der Waals surface area contributed by atoms with Gasteiger partial charge in [0.15, 0.2) is 0 Å². The number of carbonyl (C=O) groups is 2. The molecule has 19 heavy (non-hydrogen) atoms. The standard InChI is InChI=1S/C17H20O2/c1-3-5-8-12-10-7-11-13(12)9(6-4-2)17(19)15(11)14(10)16(8)18/h3-4,8-15H,1-2,5-7H2. The fourth-order valence-electron chi connectivity index (χ4n) is 6.19. The number of ketones is 2. The van der Waals surface area contributed by atoms with Crippen LogP contribution in [0.4, 0.5) is 0 Å². The normalized spacial score (nSPS) is 53.1. The molecule has 0 aromatic heterocycles. The summed E-state index contributed by atoms with van der Waals surface area (Å²) in [5.41, 5.74) is 0. The third-order valence-corrected chi connectivity index (χ3v) is 6.45. The molecule has 0 amide bonds. The van der Waals surface area contributed by atoms with E-state index in [9.17, 15) is 9.59 Å². The van der Waals surface area contributed by atoms with Gasteiger partial charge in [-0.15, -0.1) is 13.2 Å². The van der Waals surface area contributed by atoms with Gasteiger partial charge in [-0.05, 0) is 42.9 Å². The quantitative estimate of drug-likeness (QED) is 0.725. The molecule has 0 radical (unpaired) electrons. The average molecular weight is 256 g/mol. The van der Waals surface area contributed by atoms with Gasteiger partial charge in [-0.3, -0.25) is 9.59 Å². The molecule has 8 atom stereocenters. The summed E-state index contributed by atoms with van der Waals surface area (Å²) in [7, 11) is 0. The van der Waals surface area contributed by atoms with Gasteiger partial charge in [-0.25, -0.2) is 0 Å². The molecular formula is C17H20O2. The summed E-state index contributed by atoms with van der Waals surface area (Å²) in [6, 6.07) is 0. The summed E-state index contributed by atoms with van der Waals surface area (Å²) in [6.07, 6.45) is 6.52. The fourth-order valence-corrected chi connectivity index (χ4v) is 6.19. The van der Waals surface area contributed by atoms with E-state index in [1.54, 1.807) is 0 Å². The fraction of sp³-hybridized carbons (Fsp3) is 0.647. The van der Waals surface area contributed by atoms with E-state index in [1.165, 1.54) is 0 Å². The monoisotopic (exact) mass is 256 g/mol. The minimum Gasteiger partial charge on any atom is -0.299 e. The zero-order chi connectivity index (χ0) is 13.3. The summed E-state index contributed by atoms with van der Waals surface area (Å²) < 4.78 is 0. The second kappa shape index (κ2) is 3.68. The highest BCUT2D eigenvalue weighted by Gasteiger charge is 2.74. The van der Waals surface area contributed by atoms with E-state index in [0.717, 1.165) is 19.3 Å². The second-order valence-electron chi connectivity index (χ2n) is 6.84. The highest BCUT2D eigenvalue weighted by molar-refractivity contribution is 5.98. The maximum absolute atomic E-state index is 12.6. The smallest absolute Gasteiger partial charge is 0.140 e. The van der Waals surface area contributed by atoms with Crippen molar-refractivity contribution in [1.29, 1.82) is 0 Å². The summed E-state index contributed by atoms with van der Waals surface area (Å²) >= 11 is 0. The van der Waals surface area contributed by atoms with Gasteiger partial charge in [0.2, 0.25) is 0 Å². The molecule has 4 rings (SSSR count). The number of fused-ring (bicyclic) bond motifs is 2. The molecule has 4 saturated carbocycles. The average Bonchev–Trinajstić information content (AvgIpc) is 3.03. The molecule has 0 spiro atoms. The maximum atomic E-state index is 12.6. The Morgan fingerprint density at radius 2 is 1.32 bits per heavy atom. The molecule has 0 aromatic rings. The Hall–Kier alpha value is -1.18. The number of allylic oxidation sites excluding steroid dienone is 2. The Morgan fingerprint density at radius 3 is 1.68 bits per heavy atom. The van der Waals surface area contributed by atoms with Crippen LogP contribution in [0.25, 0.3) is 0 Å². The topological polar surface area (TPSA) is 34.1 Å². The van der Waals surface area contributed by atoms with Crippen molar-refractivity contribution in [2.24, 2.45) is 47.3 Å². The Kier molecular flexibility index (Phi) is 2.25. The molecule has 0 aromatic carbocycles.